The second-order valence-corrected chi connectivity index (χ2v) is 8.22. The highest BCUT2D eigenvalue weighted by Crippen LogP contribution is 2.45. The predicted octanol–water partition coefficient (Wildman–Crippen LogP) is 3.54. The van der Waals surface area contributed by atoms with Crippen molar-refractivity contribution in [3.05, 3.63) is 53.5 Å². The Balaban J connectivity index is 1.82. The molecule has 0 unspecified atom stereocenters. The van der Waals surface area contributed by atoms with Gasteiger partial charge >= 0.3 is 0 Å². The van der Waals surface area contributed by atoms with Crippen LogP contribution in [0.2, 0.25) is 0 Å². The second-order valence-electron chi connectivity index (χ2n) is 7.12. The summed E-state index contributed by atoms with van der Waals surface area (Å²) >= 11 is 1.55. The number of nitrogens with zero attached hydrogens (tertiary/aromatic N) is 4. The molecule has 156 valence electrons. The predicted molar refractivity (Wildman–Crippen MR) is 116 cm³/mol. The Hall–Kier alpha value is -3.07. The number of aromatic nitrogens is 4. The molecule has 1 amide bonds. The number of aryl methyl sites for hydroxylation is 1. The number of benzene rings is 1. The average Bonchev–Trinajstić information content (AvgIpc) is 2.94. The first-order chi connectivity index (χ1) is 14.5. The quantitative estimate of drug-likeness (QED) is 0.668. The van der Waals surface area contributed by atoms with Crippen molar-refractivity contribution in [2.45, 2.75) is 32.1 Å². The van der Waals surface area contributed by atoms with E-state index in [1.54, 1.807) is 42.0 Å². The number of fused-ring (bicyclic) bond motifs is 1. The van der Waals surface area contributed by atoms with Crippen molar-refractivity contribution >= 4 is 23.5 Å². The van der Waals surface area contributed by atoms with Crippen LogP contribution in [0.4, 0.5) is 5.82 Å². The van der Waals surface area contributed by atoms with Crippen molar-refractivity contribution in [3.8, 4) is 17.4 Å². The van der Waals surface area contributed by atoms with E-state index in [1.165, 1.54) is 0 Å². The van der Waals surface area contributed by atoms with Crippen LogP contribution in [0.1, 0.15) is 35.9 Å². The summed E-state index contributed by atoms with van der Waals surface area (Å²) in [5.41, 5.74) is 2.74. The van der Waals surface area contributed by atoms with E-state index in [0.29, 0.717) is 29.0 Å². The van der Waals surface area contributed by atoms with Crippen molar-refractivity contribution in [3.63, 3.8) is 0 Å². The Bertz CT molecular complexity index is 1070. The third-order valence-corrected chi connectivity index (χ3v) is 5.87. The third-order valence-electron chi connectivity index (χ3n) is 4.60. The van der Waals surface area contributed by atoms with Gasteiger partial charge in [-0.15, -0.1) is 11.8 Å². The van der Waals surface area contributed by atoms with Crippen LogP contribution in [0, 0.1) is 6.92 Å². The Labute approximate surface area is 179 Å². The van der Waals surface area contributed by atoms with Gasteiger partial charge in [-0.3, -0.25) is 4.79 Å². The van der Waals surface area contributed by atoms with E-state index >= 15 is 0 Å². The number of nitrogens with one attached hydrogen (secondary N) is 1. The summed E-state index contributed by atoms with van der Waals surface area (Å²) in [6.45, 7) is 5.87. The molecule has 2 aromatic heterocycles. The van der Waals surface area contributed by atoms with E-state index in [9.17, 15) is 4.79 Å². The molecule has 9 heteroatoms. The zero-order valence-electron chi connectivity index (χ0n) is 17.2. The van der Waals surface area contributed by atoms with Gasteiger partial charge in [0.25, 0.3) is 5.95 Å². The summed E-state index contributed by atoms with van der Waals surface area (Å²) in [4.78, 5) is 21.0. The fraction of sp³-hybridized carbons (Fsp3) is 0.333. The number of ether oxygens (including phenoxy) is 2. The highest BCUT2D eigenvalue weighted by molar-refractivity contribution is 8.00. The molecule has 1 aliphatic heterocycles. The number of thioether (sulfide) groups is 1. The average molecular weight is 426 g/mol. The molecule has 3 heterocycles. The van der Waals surface area contributed by atoms with Crippen LogP contribution in [0.25, 0.3) is 5.95 Å². The van der Waals surface area contributed by atoms with Crippen molar-refractivity contribution in [2.24, 2.45) is 0 Å². The topological polar surface area (TPSA) is 91.2 Å². The van der Waals surface area contributed by atoms with Gasteiger partial charge in [0.1, 0.15) is 5.82 Å². The molecule has 1 atom stereocenters. The maximum atomic E-state index is 12.5. The van der Waals surface area contributed by atoms with Crippen LogP contribution in [0.15, 0.2) is 36.7 Å². The second kappa shape index (κ2) is 8.35. The third kappa shape index (κ3) is 3.85. The molecule has 30 heavy (non-hydrogen) atoms. The molecule has 1 aromatic carbocycles. The molecular formula is C21H23N5O3S. The number of rotatable bonds is 5. The lowest BCUT2D eigenvalue weighted by Crippen LogP contribution is -2.16. The number of amides is 1. The molecule has 1 aliphatic rings. The highest BCUT2D eigenvalue weighted by atomic mass is 32.2. The number of methoxy groups -OCH3 is 1. The summed E-state index contributed by atoms with van der Waals surface area (Å²) in [7, 11) is 1.62. The smallest absolute Gasteiger partial charge is 0.252 e. The molecule has 0 saturated heterocycles. The van der Waals surface area contributed by atoms with Crippen molar-refractivity contribution in [1.82, 2.24) is 19.7 Å². The lowest BCUT2D eigenvalue weighted by Gasteiger charge is -2.19. The molecule has 0 bridgehead atoms. The van der Waals surface area contributed by atoms with Crippen LogP contribution in [-0.4, -0.2) is 44.6 Å². The molecule has 3 aromatic rings. The minimum absolute atomic E-state index is 0.0387. The van der Waals surface area contributed by atoms with Crippen LogP contribution >= 0.6 is 11.8 Å². The zero-order valence-corrected chi connectivity index (χ0v) is 18.1. The van der Waals surface area contributed by atoms with Gasteiger partial charge in [0.15, 0.2) is 11.5 Å². The maximum absolute atomic E-state index is 12.5. The Morgan fingerprint density at radius 3 is 2.70 bits per heavy atom. The van der Waals surface area contributed by atoms with Gasteiger partial charge in [-0.05, 0) is 44.5 Å². The molecule has 0 saturated carbocycles. The van der Waals surface area contributed by atoms with Crippen molar-refractivity contribution in [1.29, 1.82) is 0 Å². The van der Waals surface area contributed by atoms with Crippen LogP contribution in [0.3, 0.4) is 0 Å². The van der Waals surface area contributed by atoms with Crippen LogP contribution in [-0.2, 0) is 4.79 Å². The first kappa shape index (κ1) is 20.2. The fourth-order valence-corrected chi connectivity index (χ4v) is 4.57. The standard InChI is InChI=1S/C21H23N5O3S/c1-12(2)29-15-7-6-14(10-16(15)28-4)19-18-13(3)25-26(21-22-8-5-9-23-21)20(18)24-17(27)11-30-19/h5-10,12,19H,11H2,1-4H3,(H,24,27)/t19-/m0/s1. The normalized spacial score (nSPS) is 16.0. The monoisotopic (exact) mass is 425 g/mol. The number of carbonyl (C=O) groups excluding carboxylic acids is 1. The largest absolute Gasteiger partial charge is 0.493 e. The highest BCUT2D eigenvalue weighted by Gasteiger charge is 2.31. The van der Waals surface area contributed by atoms with E-state index in [2.05, 4.69) is 20.4 Å². The van der Waals surface area contributed by atoms with E-state index in [0.717, 1.165) is 16.8 Å². The minimum Gasteiger partial charge on any atom is -0.493 e. The molecule has 0 fully saturated rings. The van der Waals surface area contributed by atoms with Gasteiger partial charge in [0.05, 0.1) is 29.9 Å². The fourth-order valence-electron chi connectivity index (χ4n) is 3.39. The summed E-state index contributed by atoms with van der Waals surface area (Å²) in [6.07, 6.45) is 3.33. The first-order valence-corrected chi connectivity index (χ1v) is 10.7. The number of anilines is 1. The lowest BCUT2D eigenvalue weighted by atomic mass is 10.0. The molecule has 0 spiro atoms. The van der Waals surface area contributed by atoms with Gasteiger partial charge in [0.2, 0.25) is 5.91 Å². The van der Waals surface area contributed by atoms with Crippen LogP contribution < -0.4 is 14.8 Å². The molecule has 8 nitrogen and oxygen atoms in total. The van der Waals surface area contributed by atoms with Gasteiger partial charge < -0.3 is 14.8 Å². The minimum atomic E-state index is -0.113. The Morgan fingerprint density at radius 1 is 1.23 bits per heavy atom. The number of hydrogen-bond acceptors (Lipinski definition) is 7. The van der Waals surface area contributed by atoms with E-state index in [-0.39, 0.29) is 17.3 Å². The van der Waals surface area contributed by atoms with Gasteiger partial charge in [-0.2, -0.15) is 9.78 Å². The Morgan fingerprint density at radius 2 is 2.00 bits per heavy atom. The summed E-state index contributed by atoms with van der Waals surface area (Å²) in [5.74, 6) is 2.58. The van der Waals surface area contributed by atoms with E-state index in [4.69, 9.17) is 9.47 Å². The maximum Gasteiger partial charge on any atom is 0.252 e. The van der Waals surface area contributed by atoms with Gasteiger partial charge in [-0.1, -0.05) is 6.07 Å². The lowest BCUT2D eigenvalue weighted by molar-refractivity contribution is -0.113. The molecule has 0 radical (unpaired) electrons. The molecule has 0 aliphatic carbocycles. The number of carbonyl (C=O) groups is 1. The molecule has 4 rings (SSSR count). The van der Waals surface area contributed by atoms with Gasteiger partial charge in [0, 0.05) is 18.0 Å². The summed E-state index contributed by atoms with van der Waals surface area (Å²) in [5, 5.41) is 7.49. The Kier molecular flexibility index (Phi) is 5.63. The first-order valence-electron chi connectivity index (χ1n) is 9.61. The molecular weight excluding hydrogens is 402 g/mol. The van der Waals surface area contributed by atoms with Crippen molar-refractivity contribution in [2.75, 3.05) is 18.2 Å². The van der Waals surface area contributed by atoms with Crippen molar-refractivity contribution < 1.29 is 14.3 Å². The van der Waals surface area contributed by atoms with E-state index < -0.39 is 0 Å². The molecule has 1 N–H and O–H groups in total. The number of hydrogen-bond donors (Lipinski definition) is 1. The summed E-state index contributed by atoms with van der Waals surface area (Å²) in [6, 6.07) is 7.62. The zero-order chi connectivity index (χ0) is 21.3. The van der Waals surface area contributed by atoms with Gasteiger partial charge in [-0.25, -0.2) is 9.97 Å². The van der Waals surface area contributed by atoms with Crippen LogP contribution in [0.5, 0.6) is 11.5 Å². The summed E-state index contributed by atoms with van der Waals surface area (Å²) < 4.78 is 13.0. The SMILES string of the molecule is COc1cc([C@@H]2SCC(=O)Nc3c2c(C)nn3-c2ncccn2)ccc1OC(C)C. The van der Waals surface area contributed by atoms with E-state index in [1.807, 2.05) is 39.0 Å².